The molecule has 0 saturated carbocycles. The van der Waals surface area contributed by atoms with E-state index in [4.69, 9.17) is 11.6 Å². The second-order valence-electron chi connectivity index (χ2n) is 5.30. The number of hydrogen-bond acceptors (Lipinski definition) is 4. The number of nitro groups is 1. The highest BCUT2D eigenvalue weighted by Gasteiger charge is 2.42. The lowest BCUT2D eigenvalue weighted by molar-refractivity contribution is -0.384. The van der Waals surface area contributed by atoms with Crippen LogP contribution >= 0.6 is 11.6 Å². The fourth-order valence-corrected chi connectivity index (χ4v) is 3.23. The minimum atomic E-state index is -0.509. The molecule has 0 spiro atoms. The zero-order valence-corrected chi connectivity index (χ0v) is 11.4. The Labute approximate surface area is 120 Å². The molecule has 6 nitrogen and oxygen atoms in total. The number of nitro benzene ring substituents is 1. The summed E-state index contributed by atoms with van der Waals surface area (Å²) in [6.45, 7) is 0. The molecule has 106 valence electrons. The molecule has 2 aliphatic heterocycles. The van der Waals surface area contributed by atoms with Gasteiger partial charge in [-0.1, -0.05) is 11.6 Å². The number of halogens is 1. The van der Waals surface area contributed by atoms with E-state index in [1.807, 2.05) is 0 Å². The Balaban J connectivity index is 1.75. The lowest BCUT2D eigenvalue weighted by Crippen LogP contribution is -2.32. The molecule has 0 aromatic heterocycles. The van der Waals surface area contributed by atoms with E-state index in [0.717, 1.165) is 19.3 Å². The standard InChI is InChI=1S/C13H14ClN3O3/c14-10-3-2-8(17(19)20)6-12(10)16-13(18)9-5-7-1-4-11(9)15-7/h2-3,6-7,9,11,15H,1,4-5H2,(H,16,18). The number of carbonyl (C=O) groups is 1. The van der Waals surface area contributed by atoms with Crippen LogP contribution in [0.4, 0.5) is 11.4 Å². The number of non-ortho nitro benzene ring substituents is 1. The first-order valence-corrected chi connectivity index (χ1v) is 6.93. The van der Waals surface area contributed by atoms with Crippen molar-refractivity contribution in [2.75, 3.05) is 5.32 Å². The third kappa shape index (κ3) is 2.36. The van der Waals surface area contributed by atoms with Crippen molar-refractivity contribution < 1.29 is 9.72 Å². The molecule has 1 aromatic rings. The summed E-state index contributed by atoms with van der Waals surface area (Å²) in [6, 6.07) is 4.68. The highest BCUT2D eigenvalue weighted by atomic mass is 35.5. The van der Waals surface area contributed by atoms with Crippen LogP contribution in [-0.2, 0) is 4.79 Å². The molecule has 2 N–H and O–H groups in total. The van der Waals surface area contributed by atoms with E-state index >= 15 is 0 Å². The molecule has 3 rings (SSSR count). The average molecular weight is 296 g/mol. The van der Waals surface area contributed by atoms with Gasteiger partial charge in [0.1, 0.15) is 0 Å². The van der Waals surface area contributed by atoms with E-state index in [9.17, 15) is 14.9 Å². The van der Waals surface area contributed by atoms with Gasteiger partial charge < -0.3 is 10.6 Å². The molecule has 1 amide bonds. The zero-order valence-electron chi connectivity index (χ0n) is 10.6. The summed E-state index contributed by atoms with van der Waals surface area (Å²) in [5.74, 6) is -0.198. The molecule has 1 aromatic carbocycles. The van der Waals surface area contributed by atoms with E-state index in [1.165, 1.54) is 18.2 Å². The van der Waals surface area contributed by atoms with Crippen molar-refractivity contribution in [1.82, 2.24) is 5.32 Å². The van der Waals surface area contributed by atoms with Gasteiger partial charge in [-0.3, -0.25) is 14.9 Å². The van der Waals surface area contributed by atoms with Crippen LogP contribution in [0.1, 0.15) is 19.3 Å². The van der Waals surface area contributed by atoms with Gasteiger partial charge in [0.2, 0.25) is 5.91 Å². The summed E-state index contributed by atoms with van der Waals surface area (Å²) in [5, 5.41) is 17.2. The number of carbonyl (C=O) groups excluding carboxylic acids is 1. The predicted molar refractivity (Wildman–Crippen MR) is 74.8 cm³/mol. The van der Waals surface area contributed by atoms with Crippen molar-refractivity contribution in [1.29, 1.82) is 0 Å². The van der Waals surface area contributed by atoms with E-state index in [-0.39, 0.29) is 23.6 Å². The second kappa shape index (κ2) is 5.03. The number of benzene rings is 1. The van der Waals surface area contributed by atoms with Gasteiger partial charge in [-0.15, -0.1) is 0 Å². The van der Waals surface area contributed by atoms with Crippen molar-refractivity contribution in [2.24, 2.45) is 5.92 Å². The highest BCUT2D eigenvalue weighted by Crippen LogP contribution is 2.35. The van der Waals surface area contributed by atoms with E-state index in [2.05, 4.69) is 10.6 Å². The van der Waals surface area contributed by atoms with Gasteiger partial charge in [0.05, 0.1) is 21.6 Å². The maximum atomic E-state index is 12.3. The predicted octanol–water partition coefficient (Wildman–Crippen LogP) is 2.33. The Kier molecular flexibility index (Phi) is 3.35. The smallest absolute Gasteiger partial charge is 0.271 e. The molecule has 0 radical (unpaired) electrons. The van der Waals surface area contributed by atoms with Crippen LogP contribution in [0.5, 0.6) is 0 Å². The Morgan fingerprint density at radius 3 is 2.85 bits per heavy atom. The number of rotatable bonds is 3. The molecule has 3 atom stereocenters. The quantitative estimate of drug-likeness (QED) is 0.662. The lowest BCUT2D eigenvalue weighted by atomic mass is 9.88. The van der Waals surface area contributed by atoms with Crippen molar-refractivity contribution >= 4 is 28.9 Å². The fourth-order valence-electron chi connectivity index (χ4n) is 3.06. The maximum absolute atomic E-state index is 12.3. The minimum Gasteiger partial charge on any atom is -0.324 e. The van der Waals surface area contributed by atoms with Crippen LogP contribution in [-0.4, -0.2) is 22.9 Å². The summed E-state index contributed by atoms with van der Waals surface area (Å²) in [6.07, 6.45) is 2.94. The van der Waals surface area contributed by atoms with Crippen LogP contribution in [0.3, 0.4) is 0 Å². The van der Waals surface area contributed by atoms with Gasteiger partial charge in [-0.25, -0.2) is 0 Å². The third-order valence-corrected chi connectivity index (χ3v) is 4.39. The maximum Gasteiger partial charge on any atom is 0.271 e. The monoisotopic (exact) mass is 295 g/mol. The van der Waals surface area contributed by atoms with Crippen molar-refractivity contribution in [2.45, 2.75) is 31.3 Å². The number of amides is 1. The summed E-state index contributed by atoms with van der Waals surface area (Å²) in [7, 11) is 0. The first kappa shape index (κ1) is 13.3. The average Bonchev–Trinajstić information content (AvgIpc) is 3.03. The number of fused-ring (bicyclic) bond motifs is 2. The molecular weight excluding hydrogens is 282 g/mol. The second-order valence-corrected chi connectivity index (χ2v) is 5.71. The highest BCUT2D eigenvalue weighted by molar-refractivity contribution is 6.33. The molecule has 2 aliphatic rings. The van der Waals surface area contributed by atoms with Crippen LogP contribution < -0.4 is 10.6 Å². The zero-order chi connectivity index (χ0) is 14.3. The van der Waals surface area contributed by atoms with Gasteiger partial charge >= 0.3 is 0 Å². The summed E-state index contributed by atoms with van der Waals surface area (Å²) in [5.41, 5.74) is 0.212. The van der Waals surface area contributed by atoms with Crippen molar-refractivity contribution in [3.8, 4) is 0 Å². The molecule has 2 bridgehead atoms. The number of hydrogen-bond donors (Lipinski definition) is 2. The molecule has 2 fully saturated rings. The largest absolute Gasteiger partial charge is 0.324 e. The normalized spacial score (nSPS) is 27.6. The molecular formula is C13H14ClN3O3. The van der Waals surface area contributed by atoms with Crippen molar-refractivity contribution in [3.05, 3.63) is 33.3 Å². The Morgan fingerprint density at radius 2 is 2.25 bits per heavy atom. The SMILES string of the molecule is O=C(Nc1cc([N+](=O)[O-])ccc1Cl)C1CC2CCC1N2. The van der Waals surface area contributed by atoms with Gasteiger partial charge in [-0.2, -0.15) is 0 Å². The molecule has 0 aliphatic carbocycles. The van der Waals surface area contributed by atoms with Crippen LogP contribution in [0.15, 0.2) is 18.2 Å². The van der Waals surface area contributed by atoms with Gasteiger partial charge in [0.15, 0.2) is 0 Å². The summed E-state index contributed by atoms with van der Waals surface area (Å²) < 4.78 is 0. The Bertz CT molecular complexity index is 578. The number of nitrogens with one attached hydrogen (secondary N) is 2. The fraction of sp³-hybridized carbons (Fsp3) is 0.462. The lowest BCUT2D eigenvalue weighted by Gasteiger charge is -2.19. The van der Waals surface area contributed by atoms with Crippen molar-refractivity contribution in [3.63, 3.8) is 0 Å². The minimum absolute atomic E-state index is 0.0796. The van der Waals surface area contributed by atoms with Gasteiger partial charge in [0, 0.05) is 24.2 Å². The third-order valence-electron chi connectivity index (χ3n) is 4.06. The van der Waals surface area contributed by atoms with E-state index < -0.39 is 4.92 Å². The van der Waals surface area contributed by atoms with Crippen LogP contribution in [0, 0.1) is 16.0 Å². The Morgan fingerprint density at radius 1 is 1.45 bits per heavy atom. The van der Waals surface area contributed by atoms with E-state index in [1.54, 1.807) is 0 Å². The first-order chi connectivity index (χ1) is 9.54. The summed E-state index contributed by atoms with van der Waals surface area (Å²) in [4.78, 5) is 22.5. The number of anilines is 1. The molecule has 2 saturated heterocycles. The molecule has 7 heteroatoms. The topological polar surface area (TPSA) is 84.3 Å². The Hall–Kier alpha value is -1.66. The van der Waals surface area contributed by atoms with Crippen LogP contribution in [0.25, 0.3) is 0 Å². The molecule has 3 unspecified atom stereocenters. The van der Waals surface area contributed by atoms with E-state index in [0.29, 0.717) is 16.8 Å². The molecule has 2 heterocycles. The summed E-state index contributed by atoms with van der Waals surface area (Å²) >= 11 is 5.98. The van der Waals surface area contributed by atoms with Gasteiger partial charge in [-0.05, 0) is 25.3 Å². The van der Waals surface area contributed by atoms with Gasteiger partial charge in [0.25, 0.3) is 5.69 Å². The molecule has 20 heavy (non-hydrogen) atoms. The van der Waals surface area contributed by atoms with Crippen LogP contribution in [0.2, 0.25) is 5.02 Å². The number of nitrogens with zero attached hydrogens (tertiary/aromatic N) is 1. The first-order valence-electron chi connectivity index (χ1n) is 6.55.